The minimum atomic E-state index is -0.172. The Bertz CT molecular complexity index is 76.6. The highest BCUT2D eigenvalue weighted by Crippen LogP contribution is 2.47. The summed E-state index contributed by atoms with van der Waals surface area (Å²) >= 11 is 0. The van der Waals surface area contributed by atoms with Gasteiger partial charge in [-0.2, -0.15) is 0 Å². The topological polar surface area (TPSA) is 0 Å². The van der Waals surface area contributed by atoms with E-state index in [-0.39, 0.29) is 10.0 Å². The summed E-state index contributed by atoms with van der Waals surface area (Å²) in [4.78, 5) is 0. The largest absolute Gasteiger partial charge is 0.242 e. The van der Waals surface area contributed by atoms with E-state index in [1.807, 2.05) is 0 Å². The first-order chi connectivity index (χ1) is 5.24. The van der Waals surface area contributed by atoms with Crippen LogP contribution in [-0.2, 0) is 0 Å². The maximum atomic E-state index is 2.37. The van der Waals surface area contributed by atoms with Crippen LogP contribution in [0.2, 0.25) is 0 Å². The van der Waals surface area contributed by atoms with Crippen LogP contribution in [0.15, 0.2) is 0 Å². The van der Waals surface area contributed by atoms with E-state index in [0.29, 0.717) is 0 Å². The molecule has 0 aromatic carbocycles. The Morgan fingerprint density at radius 3 is 1.55 bits per heavy atom. The van der Waals surface area contributed by atoms with Crippen LogP contribution < -0.4 is 0 Å². The fourth-order valence-corrected chi connectivity index (χ4v) is 4.49. The average molecular weight is 176 g/mol. The number of unbranched alkanes of at least 4 members (excludes halogenated alkanes) is 1. The molecule has 0 nitrogen and oxygen atoms in total. The van der Waals surface area contributed by atoms with Crippen LogP contribution in [0.1, 0.15) is 40.5 Å². The van der Waals surface area contributed by atoms with Crippen LogP contribution in [0.3, 0.4) is 0 Å². The molecule has 0 N–H and O–H groups in total. The highest BCUT2D eigenvalue weighted by molar-refractivity contribution is 8.33. The molecule has 0 atom stereocenters. The Morgan fingerprint density at radius 1 is 0.818 bits per heavy atom. The summed E-state index contributed by atoms with van der Waals surface area (Å²) in [5, 5.41) is 0. The third-order valence-corrected chi connectivity index (χ3v) is 7.60. The zero-order valence-corrected chi connectivity index (χ0v) is 9.47. The van der Waals surface area contributed by atoms with Gasteiger partial charge in [0.1, 0.15) is 0 Å². The van der Waals surface area contributed by atoms with Crippen LogP contribution >= 0.6 is 10.0 Å². The molecule has 0 unspecified atom stereocenters. The van der Waals surface area contributed by atoms with E-state index in [0.717, 1.165) is 0 Å². The molecule has 0 saturated heterocycles. The van der Waals surface area contributed by atoms with E-state index < -0.39 is 0 Å². The zero-order valence-electron chi connectivity index (χ0n) is 8.65. The van der Waals surface area contributed by atoms with Gasteiger partial charge in [-0.25, -0.2) is 10.0 Å². The van der Waals surface area contributed by atoms with E-state index in [4.69, 9.17) is 0 Å². The smallest absolute Gasteiger partial charge is 0.0228 e. The van der Waals surface area contributed by atoms with Gasteiger partial charge in [-0.15, -0.1) is 0 Å². The molecule has 0 aromatic rings. The van der Waals surface area contributed by atoms with Gasteiger partial charge in [-0.3, -0.25) is 0 Å². The molecular weight excluding hydrogens is 152 g/mol. The summed E-state index contributed by atoms with van der Waals surface area (Å²) in [7, 11) is -0.172. The molecule has 0 rings (SSSR count). The minimum Gasteiger partial charge on any atom is -0.242 e. The standard InChI is InChI=1S/C10H24S/c1-5-9-10-11(6-2,7-3)8-4/h5-10H2,1-4H3. The highest BCUT2D eigenvalue weighted by Gasteiger charge is 2.15. The van der Waals surface area contributed by atoms with Gasteiger partial charge < -0.3 is 0 Å². The third-order valence-electron chi connectivity index (χ3n) is 2.77. The second-order valence-electron chi connectivity index (χ2n) is 3.15. The van der Waals surface area contributed by atoms with Gasteiger partial charge in [-0.1, -0.05) is 34.1 Å². The lowest BCUT2D eigenvalue weighted by atomic mass is 10.4. The molecule has 0 amide bonds. The first-order valence-electron chi connectivity index (χ1n) is 4.98. The van der Waals surface area contributed by atoms with E-state index in [1.165, 1.54) is 35.9 Å². The Hall–Kier alpha value is 0.350. The zero-order chi connectivity index (χ0) is 8.74. The maximum Gasteiger partial charge on any atom is -0.0228 e. The van der Waals surface area contributed by atoms with Crippen molar-refractivity contribution in [3.05, 3.63) is 0 Å². The molecule has 0 aliphatic rings. The number of hydrogen-bond donors (Lipinski definition) is 0. The third kappa shape index (κ3) is 3.50. The Balaban J connectivity index is 3.84. The summed E-state index contributed by atoms with van der Waals surface area (Å²) in [5.41, 5.74) is 0. The Labute approximate surface area is 74.1 Å². The van der Waals surface area contributed by atoms with Crippen molar-refractivity contribution in [3.63, 3.8) is 0 Å². The van der Waals surface area contributed by atoms with Crippen molar-refractivity contribution < 1.29 is 0 Å². The monoisotopic (exact) mass is 176 g/mol. The minimum absolute atomic E-state index is 0.172. The summed E-state index contributed by atoms with van der Waals surface area (Å²) in [6, 6.07) is 0. The predicted molar refractivity (Wildman–Crippen MR) is 59.0 cm³/mol. The lowest BCUT2D eigenvalue weighted by molar-refractivity contribution is 0.888. The summed E-state index contributed by atoms with van der Waals surface area (Å²) in [6.07, 6.45) is 2.82. The van der Waals surface area contributed by atoms with Crippen molar-refractivity contribution >= 4 is 10.0 Å². The van der Waals surface area contributed by atoms with Crippen molar-refractivity contribution in [3.8, 4) is 0 Å². The molecule has 0 spiro atoms. The van der Waals surface area contributed by atoms with Crippen LogP contribution in [0.25, 0.3) is 0 Å². The number of rotatable bonds is 6. The molecule has 0 saturated carbocycles. The predicted octanol–water partition coefficient (Wildman–Crippen LogP) is 3.65. The van der Waals surface area contributed by atoms with Crippen molar-refractivity contribution in [2.45, 2.75) is 40.5 Å². The molecule has 0 aliphatic heterocycles. The van der Waals surface area contributed by atoms with Crippen LogP contribution in [0.5, 0.6) is 0 Å². The van der Waals surface area contributed by atoms with Gasteiger partial charge in [0.05, 0.1) is 0 Å². The summed E-state index contributed by atoms with van der Waals surface area (Å²) in [6.45, 7) is 9.42. The lowest BCUT2D eigenvalue weighted by Crippen LogP contribution is -2.12. The molecule has 0 aromatic heterocycles. The lowest BCUT2D eigenvalue weighted by Gasteiger charge is -2.37. The van der Waals surface area contributed by atoms with Crippen molar-refractivity contribution in [1.29, 1.82) is 0 Å². The molecule has 70 valence electrons. The van der Waals surface area contributed by atoms with Crippen LogP contribution in [-0.4, -0.2) is 23.0 Å². The molecule has 0 heterocycles. The van der Waals surface area contributed by atoms with Gasteiger partial charge in [0, 0.05) is 0 Å². The Kier molecular flexibility index (Phi) is 6.12. The molecule has 0 bridgehead atoms. The molecular formula is C10H24S. The van der Waals surface area contributed by atoms with Crippen LogP contribution in [0, 0.1) is 0 Å². The highest BCUT2D eigenvalue weighted by atomic mass is 32.3. The van der Waals surface area contributed by atoms with Crippen molar-refractivity contribution in [1.82, 2.24) is 0 Å². The molecule has 0 aliphatic carbocycles. The SMILES string of the molecule is CCCCS(CC)(CC)CC. The molecule has 1 heteroatoms. The second-order valence-corrected chi connectivity index (χ2v) is 7.74. The van der Waals surface area contributed by atoms with Crippen molar-refractivity contribution in [2.24, 2.45) is 0 Å². The molecule has 11 heavy (non-hydrogen) atoms. The number of hydrogen-bond acceptors (Lipinski definition) is 0. The second kappa shape index (κ2) is 5.93. The van der Waals surface area contributed by atoms with Gasteiger partial charge in [-0.05, 0) is 29.4 Å². The molecule has 0 fully saturated rings. The van der Waals surface area contributed by atoms with Gasteiger partial charge >= 0.3 is 0 Å². The first-order valence-corrected chi connectivity index (χ1v) is 7.29. The van der Waals surface area contributed by atoms with Gasteiger partial charge in [0.15, 0.2) is 0 Å². The normalized spacial score (nSPS) is 13.5. The Morgan fingerprint density at radius 2 is 1.27 bits per heavy atom. The van der Waals surface area contributed by atoms with Gasteiger partial charge in [0.2, 0.25) is 0 Å². The summed E-state index contributed by atoms with van der Waals surface area (Å²) in [5.74, 6) is 5.85. The van der Waals surface area contributed by atoms with E-state index in [1.54, 1.807) is 0 Å². The van der Waals surface area contributed by atoms with E-state index in [2.05, 4.69) is 27.7 Å². The van der Waals surface area contributed by atoms with E-state index >= 15 is 0 Å². The fraction of sp³-hybridized carbons (Fsp3) is 1.00. The molecule has 0 radical (unpaired) electrons. The van der Waals surface area contributed by atoms with Crippen molar-refractivity contribution in [2.75, 3.05) is 23.0 Å². The van der Waals surface area contributed by atoms with Gasteiger partial charge in [0.25, 0.3) is 0 Å². The first kappa shape index (κ1) is 11.4. The van der Waals surface area contributed by atoms with E-state index in [9.17, 15) is 0 Å². The fourth-order valence-electron chi connectivity index (χ4n) is 1.50. The summed E-state index contributed by atoms with van der Waals surface area (Å²) < 4.78 is 0. The van der Waals surface area contributed by atoms with Crippen LogP contribution in [0.4, 0.5) is 0 Å². The average Bonchev–Trinajstić information content (AvgIpc) is 2.08. The quantitative estimate of drug-likeness (QED) is 0.579. The maximum absolute atomic E-state index is 2.37.